The second kappa shape index (κ2) is 36.7. The number of hydrogen-bond acceptors (Lipinski definition) is 9. The van der Waals surface area contributed by atoms with Crippen LogP contribution < -0.4 is 0 Å². The van der Waals surface area contributed by atoms with E-state index in [1.807, 2.05) is 0 Å². The molecule has 0 bridgehead atoms. The van der Waals surface area contributed by atoms with Crippen LogP contribution in [0.3, 0.4) is 0 Å². The van der Waals surface area contributed by atoms with E-state index in [4.69, 9.17) is 0 Å². The Hall–Kier alpha value is 0.880. The zero-order valence-corrected chi connectivity index (χ0v) is 34.7. The van der Waals surface area contributed by atoms with Crippen LogP contribution in [-0.2, 0) is 0 Å². The van der Waals surface area contributed by atoms with Crippen LogP contribution in [-0.4, -0.2) is 44.1 Å². The summed E-state index contributed by atoms with van der Waals surface area (Å²) >= 11 is 1.61. The molecular formula is C38H74N2O2S5. The van der Waals surface area contributed by atoms with Gasteiger partial charge in [-0.3, -0.25) is 0 Å². The predicted molar refractivity (Wildman–Crippen MR) is 218 cm³/mol. The summed E-state index contributed by atoms with van der Waals surface area (Å²) in [6.07, 6.45) is 39.6. The molecule has 278 valence electrons. The van der Waals surface area contributed by atoms with E-state index in [-0.39, 0.29) is 12.2 Å². The van der Waals surface area contributed by atoms with Crippen molar-refractivity contribution in [2.45, 2.75) is 227 Å². The van der Waals surface area contributed by atoms with Gasteiger partial charge in [-0.25, -0.2) is 0 Å². The predicted octanol–water partition coefficient (Wildman–Crippen LogP) is 14.5. The highest BCUT2D eigenvalue weighted by Crippen LogP contribution is 2.40. The van der Waals surface area contributed by atoms with E-state index in [1.54, 1.807) is 54.5 Å². The molecule has 1 heterocycles. The average Bonchev–Trinajstić information content (AvgIpc) is 3.52. The first-order chi connectivity index (χ1) is 23.2. The fourth-order valence-corrected chi connectivity index (χ4v) is 11.9. The first kappa shape index (κ1) is 45.9. The first-order valence-electron chi connectivity index (χ1n) is 19.9. The number of unbranched alkanes of at least 4 members (excludes halogenated alkanes) is 26. The number of aliphatic hydroxyl groups is 2. The Bertz CT molecular complexity index is 699. The van der Waals surface area contributed by atoms with E-state index in [9.17, 15) is 10.2 Å². The second-order valence-corrected chi connectivity index (χ2v) is 19.8. The van der Waals surface area contributed by atoms with Crippen LogP contribution in [0.2, 0.25) is 0 Å². The van der Waals surface area contributed by atoms with E-state index in [0.717, 1.165) is 45.9 Å². The Morgan fingerprint density at radius 3 is 0.957 bits per heavy atom. The second-order valence-electron chi connectivity index (χ2n) is 13.6. The van der Waals surface area contributed by atoms with Crippen LogP contribution in [0, 0.1) is 0 Å². The van der Waals surface area contributed by atoms with Gasteiger partial charge in [0.2, 0.25) is 0 Å². The number of aliphatic hydroxyl groups excluding tert-OH is 2. The molecule has 1 aromatic rings. The van der Waals surface area contributed by atoms with Crippen LogP contribution in [0.25, 0.3) is 0 Å². The van der Waals surface area contributed by atoms with Crippen molar-refractivity contribution in [3.8, 4) is 0 Å². The summed E-state index contributed by atoms with van der Waals surface area (Å²) in [5.41, 5.74) is 0. The standard InChI is InChI=1S/C38H74N2O2S5/c1-3-5-7-9-11-13-15-17-19-21-23-25-27-29-31-35(41)33-43-46-37-39-40-38(45-37)47-44-34-36(42)32-30-28-26-24-22-20-18-16-14-12-10-8-6-4-2/h35-36,41-42H,3-34H2,1-2H3. The van der Waals surface area contributed by atoms with Crippen molar-refractivity contribution < 1.29 is 10.2 Å². The molecule has 0 aliphatic carbocycles. The van der Waals surface area contributed by atoms with E-state index >= 15 is 0 Å². The summed E-state index contributed by atoms with van der Waals surface area (Å²) in [7, 11) is 6.63. The summed E-state index contributed by atoms with van der Waals surface area (Å²) in [5.74, 6) is 1.48. The summed E-state index contributed by atoms with van der Waals surface area (Å²) in [6.45, 7) is 4.57. The van der Waals surface area contributed by atoms with Crippen molar-refractivity contribution in [1.82, 2.24) is 10.2 Å². The Morgan fingerprint density at radius 2 is 0.681 bits per heavy atom. The maximum Gasteiger partial charge on any atom is 0.185 e. The van der Waals surface area contributed by atoms with Gasteiger partial charge < -0.3 is 10.2 Å². The highest BCUT2D eigenvalue weighted by atomic mass is 33.1. The average molecular weight is 751 g/mol. The third-order valence-electron chi connectivity index (χ3n) is 8.95. The van der Waals surface area contributed by atoms with E-state index < -0.39 is 0 Å². The molecule has 4 nitrogen and oxygen atoms in total. The van der Waals surface area contributed by atoms with Gasteiger partial charge in [0.15, 0.2) is 8.68 Å². The Balaban J connectivity index is 1.87. The number of hydrogen-bond donors (Lipinski definition) is 2. The fourth-order valence-electron chi connectivity index (χ4n) is 5.91. The molecule has 2 atom stereocenters. The molecule has 1 aromatic heterocycles. The fraction of sp³-hybridized carbons (Fsp3) is 0.947. The lowest BCUT2D eigenvalue weighted by molar-refractivity contribution is 0.184. The van der Waals surface area contributed by atoms with Crippen molar-refractivity contribution in [2.75, 3.05) is 11.5 Å². The summed E-state index contributed by atoms with van der Waals surface area (Å²) in [4.78, 5) is 0. The third kappa shape index (κ3) is 32.5. The smallest absolute Gasteiger partial charge is 0.185 e. The molecule has 0 aliphatic heterocycles. The van der Waals surface area contributed by atoms with Gasteiger partial charge in [-0.15, -0.1) is 10.2 Å². The first-order valence-corrected chi connectivity index (χ1v) is 25.4. The van der Waals surface area contributed by atoms with E-state index in [2.05, 4.69) is 24.0 Å². The number of rotatable bonds is 38. The van der Waals surface area contributed by atoms with Crippen molar-refractivity contribution in [3.63, 3.8) is 0 Å². The maximum absolute atomic E-state index is 10.4. The van der Waals surface area contributed by atoms with Gasteiger partial charge in [-0.2, -0.15) is 0 Å². The van der Waals surface area contributed by atoms with Crippen LogP contribution >= 0.6 is 54.5 Å². The molecule has 0 saturated carbocycles. The lowest BCUT2D eigenvalue weighted by atomic mass is 10.0. The lowest BCUT2D eigenvalue weighted by Crippen LogP contribution is -2.08. The number of nitrogens with zero attached hydrogens (tertiary/aromatic N) is 2. The van der Waals surface area contributed by atoms with Crippen molar-refractivity contribution in [1.29, 1.82) is 0 Å². The van der Waals surface area contributed by atoms with Gasteiger partial charge in [-0.1, -0.05) is 227 Å². The summed E-state index contributed by atoms with van der Waals surface area (Å²) < 4.78 is 1.90. The van der Waals surface area contributed by atoms with E-state index in [0.29, 0.717) is 0 Å². The topological polar surface area (TPSA) is 66.2 Å². The molecule has 0 radical (unpaired) electrons. The van der Waals surface area contributed by atoms with Crippen LogP contribution in [0.4, 0.5) is 0 Å². The molecule has 0 spiro atoms. The van der Waals surface area contributed by atoms with Crippen LogP contribution in [0.15, 0.2) is 8.68 Å². The Labute approximate surface area is 311 Å². The highest BCUT2D eigenvalue weighted by Gasteiger charge is 2.11. The minimum absolute atomic E-state index is 0.233. The molecule has 47 heavy (non-hydrogen) atoms. The normalized spacial score (nSPS) is 13.0. The molecule has 0 saturated heterocycles. The molecule has 1 rings (SSSR count). The quantitative estimate of drug-likeness (QED) is 0.0512. The van der Waals surface area contributed by atoms with Crippen LogP contribution in [0.1, 0.15) is 206 Å². The molecule has 0 aliphatic rings. The molecule has 0 aromatic carbocycles. The van der Waals surface area contributed by atoms with Crippen LogP contribution in [0.5, 0.6) is 0 Å². The molecule has 0 amide bonds. The monoisotopic (exact) mass is 750 g/mol. The van der Waals surface area contributed by atoms with Gasteiger partial charge >= 0.3 is 0 Å². The zero-order valence-electron chi connectivity index (χ0n) is 30.6. The highest BCUT2D eigenvalue weighted by molar-refractivity contribution is 8.77. The third-order valence-corrected chi connectivity index (χ3v) is 15.3. The van der Waals surface area contributed by atoms with Gasteiger partial charge in [0.05, 0.1) is 12.2 Å². The van der Waals surface area contributed by atoms with Gasteiger partial charge in [0.1, 0.15) is 0 Å². The van der Waals surface area contributed by atoms with Gasteiger partial charge in [0.25, 0.3) is 0 Å². The molecule has 2 N–H and O–H groups in total. The lowest BCUT2D eigenvalue weighted by Gasteiger charge is -2.09. The molecular weight excluding hydrogens is 677 g/mol. The van der Waals surface area contributed by atoms with Crippen molar-refractivity contribution in [3.05, 3.63) is 0 Å². The Morgan fingerprint density at radius 1 is 0.426 bits per heavy atom. The van der Waals surface area contributed by atoms with E-state index in [1.165, 1.54) is 167 Å². The van der Waals surface area contributed by atoms with Gasteiger partial charge in [-0.05, 0) is 34.4 Å². The summed E-state index contributed by atoms with van der Waals surface area (Å²) in [6, 6.07) is 0. The molecule has 0 fully saturated rings. The maximum atomic E-state index is 10.4. The summed E-state index contributed by atoms with van der Waals surface area (Å²) in [5, 5.41) is 29.4. The largest absolute Gasteiger partial charge is 0.392 e. The number of aromatic nitrogens is 2. The van der Waals surface area contributed by atoms with Crippen molar-refractivity contribution >= 4 is 54.5 Å². The molecule has 9 heteroatoms. The van der Waals surface area contributed by atoms with Crippen molar-refractivity contribution in [2.24, 2.45) is 0 Å². The zero-order chi connectivity index (χ0) is 33.9. The Kier molecular flexibility index (Phi) is 35.8. The molecule has 2 unspecified atom stereocenters. The minimum Gasteiger partial charge on any atom is -0.392 e. The minimum atomic E-state index is -0.233. The SMILES string of the molecule is CCCCCCCCCCCCCCCCC(O)CSSc1nnc(SSCC(O)CCCCCCCCCCCCCCCC)s1. The van der Waals surface area contributed by atoms with Gasteiger partial charge in [0, 0.05) is 11.5 Å².